The van der Waals surface area contributed by atoms with Gasteiger partial charge in [0.25, 0.3) is 0 Å². The third-order valence-electron chi connectivity index (χ3n) is 3.63. The fourth-order valence-electron chi connectivity index (χ4n) is 2.32. The van der Waals surface area contributed by atoms with E-state index in [0.29, 0.717) is 0 Å². The van der Waals surface area contributed by atoms with E-state index in [-0.39, 0.29) is 17.7 Å². The van der Waals surface area contributed by atoms with E-state index in [9.17, 15) is 13.6 Å². The summed E-state index contributed by atoms with van der Waals surface area (Å²) in [4.78, 5) is 11.9. The number of amides is 1. The molecule has 0 radical (unpaired) electrons. The van der Waals surface area contributed by atoms with Gasteiger partial charge in [0.15, 0.2) is 0 Å². The monoisotopic (exact) mass is 345 g/mol. The molecule has 3 nitrogen and oxygen atoms in total. The molecule has 5 heteroatoms. The zero-order valence-electron chi connectivity index (χ0n) is 14.0. The van der Waals surface area contributed by atoms with Gasteiger partial charge in [-0.1, -0.05) is 42.5 Å². The first-order valence-electron chi connectivity index (χ1n) is 8.10. The molecule has 0 aliphatic carbocycles. The highest BCUT2D eigenvalue weighted by Crippen LogP contribution is 2.15. The third-order valence-corrected chi connectivity index (χ3v) is 3.63. The molecular weight excluding hydrogens is 324 g/mol. The van der Waals surface area contributed by atoms with Gasteiger partial charge in [0.1, 0.15) is 5.75 Å². The standard InChI is InChI=1S/C20H21F2NO2/c1-15(7-8-16-5-3-2-4-6-16)23-19(24)14-11-17-9-12-18(13-10-17)25-20(21)22/h2-6,9-15,20H,7-8H2,1H3,(H,23,24)/b14-11+. The van der Waals surface area contributed by atoms with Crippen LogP contribution in [0.3, 0.4) is 0 Å². The van der Waals surface area contributed by atoms with Gasteiger partial charge in [-0.05, 0) is 49.1 Å². The van der Waals surface area contributed by atoms with Crippen LogP contribution in [0.2, 0.25) is 0 Å². The first-order valence-corrected chi connectivity index (χ1v) is 8.10. The van der Waals surface area contributed by atoms with Crippen LogP contribution in [0.25, 0.3) is 6.08 Å². The number of rotatable bonds is 8. The van der Waals surface area contributed by atoms with Gasteiger partial charge in [0, 0.05) is 12.1 Å². The lowest BCUT2D eigenvalue weighted by Gasteiger charge is -2.12. The smallest absolute Gasteiger partial charge is 0.387 e. The first-order chi connectivity index (χ1) is 12.0. The fraction of sp³-hybridized carbons (Fsp3) is 0.250. The van der Waals surface area contributed by atoms with Crippen LogP contribution < -0.4 is 10.1 Å². The van der Waals surface area contributed by atoms with Crippen LogP contribution in [0.1, 0.15) is 24.5 Å². The van der Waals surface area contributed by atoms with E-state index in [1.165, 1.54) is 23.8 Å². The summed E-state index contributed by atoms with van der Waals surface area (Å²) in [5, 5.41) is 2.91. The summed E-state index contributed by atoms with van der Waals surface area (Å²) in [7, 11) is 0. The fourth-order valence-corrected chi connectivity index (χ4v) is 2.32. The lowest BCUT2D eigenvalue weighted by Crippen LogP contribution is -2.31. The van der Waals surface area contributed by atoms with Gasteiger partial charge in [-0.2, -0.15) is 8.78 Å². The first kappa shape index (κ1) is 18.6. The van der Waals surface area contributed by atoms with Crippen LogP contribution in [-0.2, 0) is 11.2 Å². The van der Waals surface area contributed by atoms with Crippen LogP contribution >= 0.6 is 0 Å². The van der Waals surface area contributed by atoms with E-state index in [1.54, 1.807) is 18.2 Å². The van der Waals surface area contributed by atoms with Crippen LogP contribution in [0.15, 0.2) is 60.7 Å². The number of ether oxygens (including phenoxy) is 1. The van der Waals surface area contributed by atoms with Crippen molar-refractivity contribution in [3.8, 4) is 5.75 Å². The Morgan fingerprint density at radius 1 is 1.12 bits per heavy atom. The molecule has 0 fully saturated rings. The summed E-state index contributed by atoms with van der Waals surface area (Å²) in [6, 6.07) is 16.3. The Labute approximate surface area is 146 Å². The predicted octanol–water partition coefficient (Wildman–Crippen LogP) is 4.44. The topological polar surface area (TPSA) is 38.3 Å². The molecule has 0 saturated heterocycles. The van der Waals surface area contributed by atoms with E-state index in [0.717, 1.165) is 18.4 Å². The second-order valence-electron chi connectivity index (χ2n) is 5.71. The van der Waals surface area contributed by atoms with Gasteiger partial charge in [0.05, 0.1) is 0 Å². The number of aryl methyl sites for hydroxylation is 1. The molecule has 2 rings (SSSR count). The maximum Gasteiger partial charge on any atom is 0.387 e. The summed E-state index contributed by atoms with van der Waals surface area (Å²) >= 11 is 0. The van der Waals surface area contributed by atoms with E-state index in [4.69, 9.17) is 0 Å². The average molecular weight is 345 g/mol. The summed E-state index contributed by atoms with van der Waals surface area (Å²) in [6.07, 6.45) is 4.81. The molecule has 0 saturated carbocycles. The Hall–Kier alpha value is -2.69. The molecule has 1 unspecified atom stereocenters. The molecule has 2 aromatic carbocycles. The molecule has 0 bridgehead atoms. The van der Waals surface area contributed by atoms with Gasteiger partial charge >= 0.3 is 6.61 Å². The van der Waals surface area contributed by atoms with Crippen molar-refractivity contribution < 1.29 is 18.3 Å². The maximum atomic E-state index is 12.1. The molecule has 0 aromatic heterocycles. The number of carbonyl (C=O) groups is 1. The maximum absolute atomic E-state index is 12.1. The Bertz CT molecular complexity index is 685. The molecule has 0 spiro atoms. The van der Waals surface area contributed by atoms with Gasteiger partial charge in [-0.3, -0.25) is 4.79 Å². The Balaban J connectivity index is 1.77. The summed E-state index contributed by atoms with van der Waals surface area (Å²) in [6.45, 7) is -0.880. The molecular formula is C20H21F2NO2. The minimum absolute atomic E-state index is 0.0548. The molecule has 0 aliphatic rings. The largest absolute Gasteiger partial charge is 0.435 e. The van der Waals surface area contributed by atoms with Crippen LogP contribution in [-0.4, -0.2) is 18.6 Å². The minimum Gasteiger partial charge on any atom is -0.435 e. The van der Waals surface area contributed by atoms with Crippen molar-refractivity contribution in [3.05, 3.63) is 71.8 Å². The van der Waals surface area contributed by atoms with E-state index in [1.807, 2.05) is 25.1 Å². The molecule has 132 valence electrons. The van der Waals surface area contributed by atoms with Gasteiger partial charge in [0.2, 0.25) is 5.91 Å². The quantitative estimate of drug-likeness (QED) is 0.719. The number of alkyl halides is 2. The molecule has 0 aliphatic heterocycles. The Morgan fingerprint density at radius 2 is 1.80 bits per heavy atom. The number of hydrogen-bond acceptors (Lipinski definition) is 2. The second-order valence-corrected chi connectivity index (χ2v) is 5.71. The summed E-state index contributed by atoms with van der Waals surface area (Å²) < 4.78 is 28.4. The van der Waals surface area contributed by atoms with E-state index < -0.39 is 6.61 Å². The van der Waals surface area contributed by atoms with Gasteiger partial charge in [-0.15, -0.1) is 0 Å². The molecule has 1 amide bonds. The Morgan fingerprint density at radius 3 is 2.44 bits per heavy atom. The van der Waals surface area contributed by atoms with Crippen LogP contribution in [0.5, 0.6) is 5.75 Å². The predicted molar refractivity (Wildman–Crippen MR) is 94.5 cm³/mol. The number of halogens is 2. The van der Waals surface area contributed by atoms with E-state index >= 15 is 0 Å². The summed E-state index contributed by atoms with van der Waals surface area (Å²) in [5.74, 6) is -0.0976. The SMILES string of the molecule is CC(CCc1ccccc1)NC(=O)/C=C/c1ccc(OC(F)F)cc1. The lowest BCUT2D eigenvalue weighted by molar-refractivity contribution is -0.117. The highest BCUT2D eigenvalue weighted by Gasteiger charge is 2.06. The van der Waals surface area contributed by atoms with Crippen molar-refractivity contribution in [1.82, 2.24) is 5.32 Å². The number of carbonyl (C=O) groups excluding carboxylic acids is 1. The highest BCUT2D eigenvalue weighted by atomic mass is 19.3. The zero-order chi connectivity index (χ0) is 18.1. The number of benzene rings is 2. The molecule has 1 atom stereocenters. The van der Waals surface area contributed by atoms with Crippen molar-refractivity contribution >= 4 is 12.0 Å². The van der Waals surface area contributed by atoms with E-state index in [2.05, 4.69) is 22.2 Å². The number of nitrogens with one attached hydrogen (secondary N) is 1. The van der Waals surface area contributed by atoms with Crippen LogP contribution in [0, 0.1) is 0 Å². The Kier molecular flexibility index (Phi) is 7.14. The van der Waals surface area contributed by atoms with Crippen molar-refractivity contribution in [2.75, 3.05) is 0 Å². The number of hydrogen-bond donors (Lipinski definition) is 1. The second kappa shape index (κ2) is 9.57. The third kappa shape index (κ3) is 7.16. The van der Waals surface area contributed by atoms with Gasteiger partial charge in [-0.25, -0.2) is 0 Å². The van der Waals surface area contributed by atoms with Crippen LogP contribution in [0.4, 0.5) is 8.78 Å². The highest BCUT2D eigenvalue weighted by molar-refractivity contribution is 5.91. The van der Waals surface area contributed by atoms with Gasteiger partial charge < -0.3 is 10.1 Å². The zero-order valence-corrected chi connectivity index (χ0v) is 14.0. The summed E-state index contributed by atoms with van der Waals surface area (Å²) in [5.41, 5.74) is 1.97. The molecule has 1 N–H and O–H groups in total. The molecule has 2 aromatic rings. The average Bonchev–Trinajstić information content (AvgIpc) is 2.60. The van der Waals surface area contributed by atoms with Crippen molar-refractivity contribution in [2.45, 2.75) is 32.4 Å². The van der Waals surface area contributed by atoms with Crippen molar-refractivity contribution in [1.29, 1.82) is 0 Å². The van der Waals surface area contributed by atoms with Crippen molar-refractivity contribution in [2.24, 2.45) is 0 Å². The minimum atomic E-state index is -2.84. The lowest BCUT2D eigenvalue weighted by atomic mass is 10.1. The normalized spacial score (nSPS) is 12.3. The molecule has 25 heavy (non-hydrogen) atoms. The van der Waals surface area contributed by atoms with Crippen molar-refractivity contribution in [3.63, 3.8) is 0 Å². The molecule has 0 heterocycles.